The molecule has 0 bridgehead atoms. The van der Waals surface area contributed by atoms with E-state index in [9.17, 15) is 0 Å². The van der Waals surface area contributed by atoms with E-state index in [-0.39, 0.29) is 7.92 Å². The molecule has 0 N–H and O–H groups in total. The van der Waals surface area contributed by atoms with Crippen LogP contribution in [0.4, 0.5) is 0 Å². The summed E-state index contributed by atoms with van der Waals surface area (Å²) < 4.78 is 0. The molecule has 0 aliphatic carbocycles. The fourth-order valence-corrected chi connectivity index (χ4v) is 4.45. The summed E-state index contributed by atoms with van der Waals surface area (Å²) in [5.74, 6) is 0. The van der Waals surface area contributed by atoms with Crippen LogP contribution in [0.2, 0.25) is 0 Å². The monoisotopic (exact) mass is 370 g/mol. The fraction of sp³-hybridized carbons (Fsp3) is 0.250. The van der Waals surface area contributed by atoms with Gasteiger partial charge < -0.3 is 0 Å². The van der Waals surface area contributed by atoms with Crippen LogP contribution in [0, 0.1) is 0 Å². The molecule has 0 unspecified atom stereocenters. The molecule has 0 aliphatic heterocycles. The standard InChI is InChI=1S/C16H19P.2ClH.Ni/c1-2-3-14-17(15-10-6-4-7-11-15)16-12-8-5-9-13-16;;;/h4-13H,2-3,14H2,1H3;2*1H;/q;;;+2/p-2. The van der Waals surface area contributed by atoms with E-state index >= 15 is 0 Å². The number of unbranched alkanes of at least 4 members (excludes halogenated alkanes) is 1. The Kier molecular flexibility index (Phi) is 10.4. The number of halogens is 2. The molecule has 0 fully saturated rings. The van der Waals surface area contributed by atoms with E-state index in [4.69, 9.17) is 20.4 Å². The fourth-order valence-electron chi connectivity index (χ4n) is 1.94. The summed E-state index contributed by atoms with van der Waals surface area (Å²) in [7, 11) is 9.25. The molecule has 0 spiro atoms. The Balaban J connectivity index is 0.000000612. The van der Waals surface area contributed by atoms with Crippen LogP contribution in [0.1, 0.15) is 19.8 Å². The second-order valence-corrected chi connectivity index (χ2v) is 8.19. The zero-order chi connectivity index (χ0) is 14.6. The van der Waals surface area contributed by atoms with Crippen molar-refractivity contribution < 1.29 is 12.7 Å². The van der Waals surface area contributed by atoms with Gasteiger partial charge in [0.2, 0.25) is 0 Å². The minimum atomic E-state index is -0.157. The molecule has 0 atom stereocenters. The maximum atomic E-state index is 4.70. The van der Waals surface area contributed by atoms with Gasteiger partial charge >= 0.3 is 33.0 Å². The van der Waals surface area contributed by atoms with E-state index in [2.05, 4.69) is 67.6 Å². The van der Waals surface area contributed by atoms with Crippen molar-refractivity contribution in [3.8, 4) is 0 Å². The van der Waals surface area contributed by atoms with E-state index in [0.717, 1.165) is 0 Å². The van der Waals surface area contributed by atoms with Crippen molar-refractivity contribution in [3.63, 3.8) is 0 Å². The first-order valence-electron chi connectivity index (χ1n) is 6.53. The van der Waals surface area contributed by atoms with Gasteiger partial charge in [-0.25, -0.2) is 0 Å². The molecule has 0 amide bonds. The third-order valence-corrected chi connectivity index (χ3v) is 5.48. The van der Waals surface area contributed by atoms with Crippen LogP contribution in [0.5, 0.6) is 0 Å². The molecule has 0 radical (unpaired) electrons. The summed E-state index contributed by atoms with van der Waals surface area (Å²) in [6.07, 6.45) is 3.90. The second kappa shape index (κ2) is 11.6. The van der Waals surface area contributed by atoms with Gasteiger partial charge in [-0.1, -0.05) is 74.0 Å². The van der Waals surface area contributed by atoms with Crippen molar-refractivity contribution >= 4 is 38.9 Å². The molecule has 4 heteroatoms. The molecule has 0 saturated heterocycles. The average molecular weight is 372 g/mol. The maximum absolute atomic E-state index is 4.70. The normalized spacial score (nSPS) is 10.2. The summed E-state index contributed by atoms with van der Waals surface area (Å²) in [4.78, 5) is 0. The Morgan fingerprint density at radius 3 is 1.60 bits per heavy atom. The molecule has 0 aromatic heterocycles. The predicted octanol–water partition coefficient (Wildman–Crippen LogP) is 5.30. The SMILES string of the molecule is CCCCP(c1ccccc1)c1ccccc1.[Cl][Ni][Cl]. The van der Waals surface area contributed by atoms with Crippen molar-refractivity contribution in [2.24, 2.45) is 0 Å². The Hall–Kier alpha value is -0.0565. The first-order valence-corrected chi connectivity index (χ1v) is 10.8. The summed E-state index contributed by atoms with van der Waals surface area (Å²) >= 11 is 0.569. The van der Waals surface area contributed by atoms with Gasteiger partial charge in [0.1, 0.15) is 0 Å². The Morgan fingerprint density at radius 1 is 0.850 bits per heavy atom. The van der Waals surface area contributed by atoms with Crippen molar-refractivity contribution in [2.75, 3.05) is 6.16 Å². The molecule has 2 rings (SSSR count). The van der Waals surface area contributed by atoms with Gasteiger partial charge in [-0.3, -0.25) is 0 Å². The quantitative estimate of drug-likeness (QED) is 0.494. The Morgan fingerprint density at radius 2 is 1.25 bits per heavy atom. The van der Waals surface area contributed by atoms with Gasteiger partial charge in [0.05, 0.1) is 0 Å². The van der Waals surface area contributed by atoms with Crippen molar-refractivity contribution in [1.29, 1.82) is 0 Å². The molecule has 0 heterocycles. The Labute approximate surface area is 138 Å². The van der Waals surface area contributed by atoms with Gasteiger partial charge in [-0.05, 0) is 31.1 Å². The van der Waals surface area contributed by atoms with Gasteiger partial charge in [-0.2, -0.15) is 0 Å². The van der Waals surface area contributed by atoms with Crippen LogP contribution >= 0.6 is 28.3 Å². The van der Waals surface area contributed by atoms with Crippen LogP contribution in [0.3, 0.4) is 0 Å². The molecule has 2 aromatic rings. The van der Waals surface area contributed by atoms with Crippen molar-refractivity contribution in [2.45, 2.75) is 19.8 Å². The molecular formula is C16H19Cl2NiP. The van der Waals surface area contributed by atoms with Crippen LogP contribution in [0.25, 0.3) is 0 Å². The van der Waals surface area contributed by atoms with Crippen LogP contribution in [0.15, 0.2) is 60.7 Å². The molecule has 0 nitrogen and oxygen atoms in total. The van der Waals surface area contributed by atoms with E-state index in [1.807, 2.05) is 0 Å². The second-order valence-electron chi connectivity index (χ2n) is 4.22. The number of benzene rings is 2. The van der Waals surface area contributed by atoms with Crippen molar-refractivity contribution in [3.05, 3.63) is 60.7 Å². The molecular weight excluding hydrogens is 353 g/mol. The molecule has 0 saturated carbocycles. The van der Waals surface area contributed by atoms with Gasteiger partial charge in [-0.15, -0.1) is 0 Å². The zero-order valence-electron chi connectivity index (χ0n) is 11.4. The average Bonchev–Trinajstić information content (AvgIpc) is 2.51. The van der Waals surface area contributed by atoms with E-state index in [0.29, 0.717) is 12.7 Å². The number of hydrogen-bond donors (Lipinski definition) is 0. The zero-order valence-corrected chi connectivity index (χ0v) is 14.8. The van der Waals surface area contributed by atoms with E-state index in [1.54, 1.807) is 0 Å². The van der Waals surface area contributed by atoms with Crippen LogP contribution in [-0.2, 0) is 12.7 Å². The van der Waals surface area contributed by atoms with E-state index < -0.39 is 0 Å². The third-order valence-electron chi connectivity index (χ3n) is 2.87. The van der Waals surface area contributed by atoms with Gasteiger partial charge in [0.25, 0.3) is 0 Å². The summed E-state index contributed by atoms with van der Waals surface area (Å²) in [6, 6.07) is 21.9. The van der Waals surface area contributed by atoms with Gasteiger partial charge in [0.15, 0.2) is 0 Å². The summed E-state index contributed by atoms with van der Waals surface area (Å²) in [6.45, 7) is 2.27. The molecule has 2 aromatic carbocycles. The van der Waals surface area contributed by atoms with Crippen molar-refractivity contribution in [1.82, 2.24) is 0 Å². The first-order chi connectivity index (χ1) is 9.83. The topological polar surface area (TPSA) is 0 Å². The third kappa shape index (κ3) is 6.60. The summed E-state index contributed by atoms with van der Waals surface area (Å²) in [5, 5.41) is 3.00. The predicted molar refractivity (Wildman–Crippen MR) is 90.6 cm³/mol. The Bertz CT molecular complexity index is 411. The minimum absolute atomic E-state index is 0.157. The first kappa shape index (κ1) is 18.0. The summed E-state index contributed by atoms with van der Waals surface area (Å²) in [5.41, 5.74) is 0. The van der Waals surface area contributed by atoms with Crippen LogP contribution in [-0.4, -0.2) is 6.16 Å². The molecule has 20 heavy (non-hydrogen) atoms. The molecule has 0 aliphatic rings. The number of rotatable bonds is 5. The van der Waals surface area contributed by atoms with Gasteiger partial charge in [0, 0.05) is 0 Å². The molecule has 112 valence electrons. The number of hydrogen-bond acceptors (Lipinski definition) is 0. The van der Waals surface area contributed by atoms with Crippen LogP contribution < -0.4 is 10.6 Å². The van der Waals surface area contributed by atoms with E-state index in [1.165, 1.54) is 29.6 Å².